The summed E-state index contributed by atoms with van der Waals surface area (Å²) >= 11 is 0. The first kappa shape index (κ1) is 13.2. The largest absolute Gasteiger partial charge is 0.390 e. The smallest absolute Gasteiger partial charge is 0.106 e. The van der Waals surface area contributed by atoms with Crippen LogP contribution < -0.4 is 0 Å². The van der Waals surface area contributed by atoms with Crippen LogP contribution >= 0.6 is 0 Å². The van der Waals surface area contributed by atoms with Crippen LogP contribution in [0.15, 0.2) is 0 Å². The first-order valence-electron chi connectivity index (χ1n) is 6.25. The molecule has 0 aromatic carbocycles. The molecular weight excluding hydrogens is 226 g/mol. The van der Waals surface area contributed by atoms with Gasteiger partial charge >= 0.3 is 0 Å². The molecule has 2 fully saturated rings. The number of aliphatic hydroxyl groups excluding tert-OH is 2. The van der Waals surface area contributed by atoms with Gasteiger partial charge in [-0.05, 0) is 25.2 Å². The fourth-order valence-corrected chi connectivity index (χ4v) is 2.59. The van der Waals surface area contributed by atoms with Gasteiger partial charge in [0.1, 0.15) is 6.10 Å². The number of aliphatic hydroxyl groups is 2. The van der Waals surface area contributed by atoms with Gasteiger partial charge in [0.25, 0.3) is 0 Å². The van der Waals surface area contributed by atoms with Gasteiger partial charge in [0, 0.05) is 6.42 Å². The Morgan fingerprint density at radius 1 is 1.18 bits per heavy atom. The van der Waals surface area contributed by atoms with Crippen molar-refractivity contribution >= 4 is 0 Å². The molecule has 1 heterocycles. The molecule has 6 heteroatoms. The van der Waals surface area contributed by atoms with Crippen molar-refractivity contribution in [3.05, 3.63) is 0 Å². The fourth-order valence-electron chi connectivity index (χ4n) is 2.59. The lowest BCUT2D eigenvalue weighted by molar-refractivity contribution is -0.311. The number of hydrogen-bond acceptors (Lipinski definition) is 6. The zero-order valence-electron chi connectivity index (χ0n) is 9.77. The van der Waals surface area contributed by atoms with E-state index in [1.54, 1.807) is 0 Å². The Morgan fingerprint density at radius 2 is 1.88 bits per heavy atom. The summed E-state index contributed by atoms with van der Waals surface area (Å²) in [4.78, 5) is 0. The number of nitrogens with zero attached hydrogens (tertiary/aromatic N) is 1. The van der Waals surface area contributed by atoms with Crippen molar-refractivity contribution < 1.29 is 25.4 Å². The summed E-state index contributed by atoms with van der Waals surface area (Å²) in [6, 6.07) is 0. The standard InChI is InChI=1S/C11H21NO5/c13-9-6-8(4-5-12(15)16)17-11(10(9)14)7-2-1-3-7/h7-11,13-16H,1-6H2. The van der Waals surface area contributed by atoms with Gasteiger partial charge in [-0.25, -0.2) is 0 Å². The van der Waals surface area contributed by atoms with Crippen molar-refractivity contribution in [3.63, 3.8) is 0 Å². The van der Waals surface area contributed by atoms with E-state index >= 15 is 0 Å². The average Bonchev–Trinajstić information content (AvgIpc) is 2.19. The average molecular weight is 247 g/mol. The van der Waals surface area contributed by atoms with Crippen molar-refractivity contribution in [2.24, 2.45) is 5.92 Å². The molecule has 2 rings (SSSR count). The normalized spacial score (nSPS) is 39.4. The first-order valence-corrected chi connectivity index (χ1v) is 6.25. The Hall–Kier alpha value is -0.240. The minimum absolute atomic E-state index is 0.0743. The maximum absolute atomic E-state index is 9.88. The van der Waals surface area contributed by atoms with Crippen LogP contribution in [-0.2, 0) is 4.74 Å². The number of hydrogen-bond donors (Lipinski definition) is 4. The molecule has 0 amide bonds. The highest BCUT2D eigenvalue weighted by Gasteiger charge is 2.42. The monoisotopic (exact) mass is 247 g/mol. The van der Waals surface area contributed by atoms with Gasteiger partial charge in [-0.15, -0.1) is 0 Å². The third-order valence-corrected chi connectivity index (χ3v) is 3.85. The van der Waals surface area contributed by atoms with Crippen LogP contribution in [0, 0.1) is 5.92 Å². The summed E-state index contributed by atoms with van der Waals surface area (Å²) in [5.41, 5.74) is 0. The second-order valence-corrected chi connectivity index (χ2v) is 5.09. The molecule has 4 atom stereocenters. The summed E-state index contributed by atoms with van der Waals surface area (Å²) in [7, 11) is 0. The molecule has 0 aromatic heterocycles. The lowest BCUT2D eigenvalue weighted by Crippen LogP contribution is -2.53. The van der Waals surface area contributed by atoms with Crippen LogP contribution in [0.5, 0.6) is 0 Å². The predicted molar refractivity (Wildman–Crippen MR) is 57.5 cm³/mol. The summed E-state index contributed by atoms with van der Waals surface area (Å²) < 4.78 is 5.76. The Kier molecular flexibility index (Phi) is 4.35. The van der Waals surface area contributed by atoms with Crippen molar-refractivity contribution in [1.29, 1.82) is 0 Å². The van der Waals surface area contributed by atoms with E-state index in [0.29, 0.717) is 18.8 Å². The quantitative estimate of drug-likeness (QED) is 0.528. The van der Waals surface area contributed by atoms with Gasteiger partial charge in [-0.2, -0.15) is 0 Å². The van der Waals surface area contributed by atoms with E-state index in [2.05, 4.69) is 0 Å². The van der Waals surface area contributed by atoms with E-state index in [-0.39, 0.29) is 24.0 Å². The van der Waals surface area contributed by atoms with Crippen LogP contribution in [-0.4, -0.2) is 56.8 Å². The molecule has 6 nitrogen and oxygen atoms in total. The second kappa shape index (κ2) is 5.60. The molecule has 4 N–H and O–H groups in total. The van der Waals surface area contributed by atoms with Crippen molar-refractivity contribution in [3.8, 4) is 0 Å². The summed E-state index contributed by atoms with van der Waals surface area (Å²) in [5, 5.41) is 37.1. The second-order valence-electron chi connectivity index (χ2n) is 5.09. The molecule has 1 saturated heterocycles. The molecular formula is C11H21NO5. The molecule has 0 spiro atoms. The van der Waals surface area contributed by atoms with Crippen LogP contribution in [0.3, 0.4) is 0 Å². The van der Waals surface area contributed by atoms with Crippen molar-refractivity contribution in [1.82, 2.24) is 5.23 Å². The molecule has 2 aliphatic rings. The number of rotatable bonds is 4. The van der Waals surface area contributed by atoms with Crippen LogP contribution in [0.4, 0.5) is 0 Å². The molecule has 4 unspecified atom stereocenters. The fraction of sp³-hybridized carbons (Fsp3) is 1.00. The van der Waals surface area contributed by atoms with Crippen LogP contribution in [0.25, 0.3) is 0 Å². The highest BCUT2D eigenvalue weighted by molar-refractivity contribution is 4.91. The van der Waals surface area contributed by atoms with E-state index < -0.39 is 12.2 Å². The molecule has 100 valence electrons. The predicted octanol–water partition coefficient (Wildman–Crippen LogP) is 0.136. The molecule has 1 aliphatic carbocycles. The summed E-state index contributed by atoms with van der Waals surface area (Å²) in [5.74, 6) is 0.335. The lowest BCUT2D eigenvalue weighted by atomic mass is 9.76. The van der Waals surface area contributed by atoms with Crippen LogP contribution in [0.2, 0.25) is 0 Å². The highest BCUT2D eigenvalue weighted by Crippen LogP contribution is 2.37. The maximum Gasteiger partial charge on any atom is 0.106 e. The minimum Gasteiger partial charge on any atom is -0.390 e. The van der Waals surface area contributed by atoms with E-state index in [0.717, 1.165) is 19.3 Å². The van der Waals surface area contributed by atoms with E-state index in [1.807, 2.05) is 0 Å². The van der Waals surface area contributed by atoms with E-state index in [4.69, 9.17) is 15.2 Å². The van der Waals surface area contributed by atoms with Gasteiger partial charge in [0.2, 0.25) is 0 Å². The van der Waals surface area contributed by atoms with Crippen molar-refractivity contribution in [2.75, 3.05) is 6.54 Å². The SMILES string of the molecule is OC1CC(CCN(O)O)OC(C2CCC2)C1O. The van der Waals surface area contributed by atoms with Gasteiger partial charge < -0.3 is 14.9 Å². The Bertz CT molecular complexity index is 246. The molecule has 1 saturated carbocycles. The van der Waals surface area contributed by atoms with Gasteiger partial charge in [0.05, 0.1) is 24.9 Å². The zero-order chi connectivity index (χ0) is 12.4. The van der Waals surface area contributed by atoms with Crippen LogP contribution in [0.1, 0.15) is 32.1 Å². The molecule has 1 aliphatic heterocycles. The Balaban J connectivity index is 1.87. The number of hydroxylamine groups is 2. The molecule has 0 radical (unpaired) electrons. The molecule has 0 bridgehead atoms. The number of ether oxygens (including phenoxy) is 1. The maximum atomic E-state index is 9.88. The molecule has 0 aromatic rings. The van der Waals surface area contributed by atoms with E-state index in [9.17, 15) is 10.2 Å². The van der Waals surface area contributed by atoms with Crippen molar-refractivity contribution in [2.45, 2.75) is 56.5 Å². The molecule has 17 heavy (non-hydrogen) atoms. The third kappa shape index (κ3) is 3.15. The summed E-state index contributed by atoms with van der Waals surface area (Å²) in [6.07, 6.45) is 1.89. The van der Waals surface area contributed by atoms with E-state index in [1.165, 1.54) is 0 Å². The Morgan fingerprint density at radius 3 is 2.41 bits per heavy atom. The summed E-state index contributed by atoms with van der Waals surface area (Å²) in [6.45, 7) is 0.0743. The van der Waals surface area contributed by atoms with Gasteiger partial charge in [0.15, 0.2) is 0 Å². The van der Waals surface area contributed by atoms with Gasteiger partial charge in [-0.3, -0.25) is 10.4 Å². The third-order valence-electron chi connectivity index (χ3n) is 3.85. The first-order chi connectivity index (χ1) is 8.08. The Labute approximate surface area is 100 Å². The lowest BCUT2D eigenvalue weighted by Gasteiger charge is -2.44. The zero-order valence-corrected chi connectivity index (χ0v) is 9.77. The van der Waals surface area contributed by atoms with Gasteiger partial charge in [-0.1, -0.05) is 11.6 Å². The topological polar surface area (TPSA) is 93.4 Å². The minimum atomic E-state index is -0.809. The highest BCUT2D eigenvalue weighted by atomic mass is 16.8.